The fraction of sp³-hybridized carbons (Fsp3) is 1.00. The van der Waals surface area contributed by atoms with E-state index in [1.165, 1.54) is 38.8 Å². The molecular weight excluding hydrogens is 208 g/mol. The molecule has 17 heavy (non-hydrogen) atoms. The van der Waals surface area contributed by atoms with Crippen molar-refractivity contribution >= 4 is 0 Å². The largest absolute Gasteiger partial charge is 0.312 e. The minimum Gasteiger partial charge on any atom is -0.312 e. The zero-order chi connectivity index (χ0) is 12.9. The zero-order valence-electron chi connectivity index (χ0n) is 12.6. The standard InChI is InChI=1S/C15H32N2/c1-6-8-11-17(13-9-10-13)12-14(16-7-2)15(3,4)5/h13-14,16H,6-12H2,1-5H3. The number of rotatable bonds is 8. The molecule has 2 nitrogen and oxygen atoms in total. The van der Waals surface area contributed by atoms with E-state index >= 15 is 0 Å². The van der Waals surface area contributed by atoms with Gasteiger partial charge in [-0.25, -0.2) is 0 Å². The minimum atomic E-state index is 0.357. The lowest BCUT2D eigenvalue weighted by Crippen LogP contribution is -2.49. The first-order valence-corrected chi connectivity index (χ1v) is 7.46. The number of unbranched alkanes of at least 4 members (excludes halogenated alkanes) is 1. The SMILES string of the molecule is CCCCN(CC(NCC)C(C)(C)C)C1CC1. The van der Waals surface area contributed by atoms with Crippen LogP contribution in [0.1, 0.15) is 60.3 Å². The average molecular weight is 240 g/mol. The summed E-state index contributed by atoms with van der Waals surface area (Å²) >= 11 is 0. The smallest absolute Gasteiger partial charge is 0.0243 e. The van der Waals surface area contributed by atoms with Gasteiger partial charge in [-0.1, -0.05) is 41.0 Å². The molecule has 0 heterocycles. The fourth-order valence-corrected chi connectivity index (χ4v) is 2.35. The minimum absolute atomic E-state index is 0.357. The highest BCUT2D eigenvalue weighted by Gasteiger charge is 2.33. The first-order valence-electron chi connectivity index (χ1n) is 7.46. The maximum absolute atomic E-state index is 3.67. The molecule has 0 saturated heterocycles. The molecule has 0 bridgehead atoms. The number of hydrogen-bond acceptors (Lipinski definition) is 2. The Kier molecular flexibility index (Phi) is 5.94. The van der Waals surface area contributed by atoms with Crippen molar-refractivity contribution in [3.8, 4) is 0 Å². The number of likely N-dealkylation sites (N-methyl/N-ethyl adjacent to an activating group) is 1. The maximum atomic E-state index is 3.67. The Morgan fingerprint density at radius 1 is 1.24 bits per heavy atom. The van der Waals surface area contributed by atoms with Crippen LogP contribution in [0.3, 0.4) is 0 Å². The topological polar surface area (TPSA) is 15.3 Å². The van der Waals surface area contributed by atoms with E-state index in [-0.39, 0.29) is 0 Å². The Bertz CT molecular complexity index is 203. The van der Waals surface area contributed by atoms with Crippen LogP contribution in [0.25, 0.3) is 0 Å². The van der Waals surface area contributed by atoms with Crippen molar-refractivity contribution in [3.05, 3.63) is 0 Å². The van der Waals surface area contributed by atoms with Gasteiger partial charge < -0.3 is 5.32 Å². The fourth-order valence-electron chi connectivity index (χ4n) is 2.35. The van der Waals surface area contributed by atoms with E-state index < -0.39 is 0 Å². The van der Waals surface area contributed by atoms with Gasteiger partial charge in [0.05, 0.1) is 0 Å². The highest BCUT2D eigenvalue weighted by Crippen LogP contribution is 2.29. The summed E-state index contributed by atoms with van der Waals surface area (Å²) in [6.07, 6.45) is 5.50. The molecule has 1 saturated carbocycles. The van der Waals surface area contributed by atoms with Gasteiger partial charge in [0.2, 0.25) is 0 Å². The van der Waals surface area contributed by atoms with Crippen LogP contribution in [0.2, 0.25) is 0 Å². The third kappa shape index (κ3) is 5.39. The van der Waals surface area contributed by atoms with Crippen LogP contribution in [0.4, 0.5) is 0 Å². The second kappa shape index (κ2) is 6.75. The molecule has 1 atom stereocenters. The molecule has 0 spiro atoms. The van der Waals surface area contributed by atoms with Crippen LogP contribution < -0.4 is 5.32 Å². The first kappa shape index (κ1) is 15.0. The summed E-state index contributed by atoms with van der Waals surface area (Å²) in [7, 11) is 0. The van der Waals surface area contributed by atoms with Crippen molar-refractivity contribution in [1.29, 1.82) is 0 Å². The second-order valence-corrected chi connectivity index (χ2v) is 6.56. The molecule has 0 aliphatic heterocycles. The van der Waals surface area contributed by atoms with Crippen LogP contribution in [0.15, 0.2) is 0 Å². The van der Waals surface area contributed by atoms with Crippen molar-refractivity contribution < 1.29 is 0 Å². The predicted molar refractivity (Wildman–Crippen MR) is 76.4 cm³/mol. The van der Waals surface area contributed by atoms with Crippen LogP contribution >= 0.6 is 0 Å². The Hall–Kier alpha value is -0.0800. The van der Waals surface area contributed by atoms with Crippen molar-refractivity contribution in [3.63, 3.8) is 0 Å². The van der Waals surface area contributed by atoms with E-state index in [9.17, 15) is 0 Å². The summed E-state index contributed by atoms with van der Waals surface area (Å²) in [4.78, 5) is 2.72. The van der Waals surface area contributed by atoms with Crippen molar-refractivity contribution in [2.45, 2.75) is 72.4 Å². The third-order valence-corrected chi connectivity index (χ3v) is 3.78. The molecule has 1 fully saturated rings. The molecule has 1 aliphatic carbocycles. The Morgan fingerprint density at radius 2 is 1.88 bits per heavy atom. The summed E-state index contributed by atoms with van der Waals surface area (Å²) in [6, 6.07) is 1.51. The van der Waals surface area contributed by atoms with Gasteiger partial charge in [-0.2, -0.15) is 0 Å². The van der Waals surface area contributed by atoms with Crippen LogP contribution in [-0.4, -0.2) is 36.6 Å². The second-order valence-electron chi connectivity index (χ2n) is 6.56. The lowest BCUT2D eigenvalue weighted by Gasteiger charge is -2.36. The lowest BCUT2D eigenvalue weighted by molar-refractivity contribution is 0.166. The van der Waals surface area contributed by atoms with E-state index in [4.69, 9.17) is 0 Å². The zero-order valence-corrected chi connectivity index (χ0v) is 12.6. The molecule has 2 heteroatoms. The summed E-state index contributed by atoms with van der Waals surface area (Å²) in [5, 5.41) is 3.67. The van der Waals surface area contributed by atoms with Gasteiger partial charge in [-0.15, -0.1) is 0 Å². The highest BCUT2D eigenvalue weighted by molar-refractivity contribution is 4.90. The summed E-state index contributed by atoms with van der Waals surface area (Å²) in [5.74, 6) is 0. The number of nitrogens with zero attached hydrogens (tertiary/aromatic N) is 1. The molecule has 0 aromatic carbocycles. The molecule has 1 rings (SSSR count). The molecular formula is C15H32N2. The van der Waals surface area contributed by atoms with Crippen molar-refractivity contribution in [2.75, 3.05) is 19.6 Å². The Labute approximate surface area is 108 Å². The Morgan fingerprint density at radius 3 is 2.29 bits per heavy atom. The van der Waals surface area contributed by atoms with E-state index in [1.54, 1.807) is 0 Å². The molecule has 102 valence electrons. The quantitative estimate of drug-likeness (QED) is 0.700. The molecule has 0 aromatic rings. The van der Waals surface area contributed by atoms with Crippen LogP contribution in [-0.2, 0) is 0 Å². The third-order valence-electron chi connectivity index (χ3n) is 3.78. The highest BCUT2D eigenvalue weighted by atomic mass is 15.2. The van der Waals surface area contributed by atoms with Crippen LogP contribution in [0.5, 0.6) is 0 Å². The van der Waals surface area contributed by atoms with Gasteiger partial charge in [0, 0.05) is 18.6 Å². The van der Waals surface area contributed by atoms with Crippen molar-refractivity contribution in [1.82, 2.24) is 10.2 Å². The predicted octanol–water partition coefficient (Wildman–Crippen LogP) is 3.28. The molecule has 1 aliphatic rings. The molecule has 0 amide bonds. The molecule has 1 N–H and O–H groups in total. The maximum Gasteiger partial charge on any atom is 0.0243 e. The molecule has 0 radical (unpaired) electrons. The van der Waals surface area contributed by atoms with Gasteiger partial charge in [0.1, 0.15) is 0 Å². The number of hydrogen-bond donors (Lipinski definition) is 1. The monoisotopic (exact) mass is 240 g/mol. The number of nitrogens with one attached hydrogen (secondary N) is 1. The lowest BCUT2D eigenvalue weighted by atomic mass is 9.86. The van der Waals surface area contributed by atoms with Gasteiger partial charge in [0.25, 0.3) is 0 Å². The summed E-state index contributed by atoms with van der Waals surface area (Å²) in [5.41, 5.74) is 0.357. The van der Waals surface area contributed by atoms with E-state index in [0.29, 0.717) is 11.5 Å². The van der Waals surface area contributed by atoms with Gasteiger partial charge in [0.15, 0.2) is 0 Å². The van der Waals surface area contributed by atoms with E-state index in [0.717, 1.165) is 12.6 Å². The summed E-state index contributed by atoms with van der Waals surface area (Å²) < 4.78 is 0. The van der Waals surface area contributed by atoms with Crippen molar-refractivity contribution in [2.24, 2.45) is 5.41 Å². The average Bonchev–Trinajstić information content (AvgIpc) is 3.04. The normalized spacial score (nSPS) is 18.7. The van der Waals surface area contributed by atoms with E-state index in [2.05, 4.69) is 44.8 Å². The van der Waals surface area contributed by atoms with Gasteiger partial charge in [-0.3, -0.25) is 4.90 Å². The van der Waals surface area contributed by atoms with E-state index in [1.807, 2.05) is 0 Å². The Balaban J connectivity index is 2.49. The van der Waals surface area contributed by atoms with Gasteiger partial charge in [-0.05, 0) is 37.8 Å². The summed E-state index contributed by atoms with van der Waals surface area (Å²) in [6.45, 7) is 15.2. The van der Waals surface area contributed by atoms with Crippen LogP contribution in [0, 0.1) is 5.41 Å². The molecule has 0 aromatic heterocycles. The first-order chi connectivity index (χ1) is 7.99. The van der Waals surface area contributed by atoms with Gasteiger partial charge >= 0.3 is 0 Å². The molecule has 1 unspecified atom stereocenters.